The highest BCUT2D eigenvalue weighted by Crippen LogP contribution is 2.60. The molecule has 5 heteroatoms. The van der Waals surface area contributed by atoms with Gasteiger partial charge in [0.1, 0.15) is 0 Å². The van der Waals surface area contributed by atoms with Gasteiger partial charge in [-0.25, -0.2) is 0 Å². The van der Waals surface area contributed by atoms with E-state index in [0.717, 1.165) is 101 Å². The lowest BCUT2D eigenvalue weighted by molar-refractivity contribution is 0.768. The molecule has 0 bridgehead atoms. The number of hydrogen-bond donors (Lipinski definition) is 0. The van der Waals surface area contributed by atoms with Crippen LogP contribution in [-0.4, -0.2) is 9.13 Å². The van der Waals surface area contributed by atoms with Gasteiger partial charge in [-0.3, -0.25) is 0 Å². The largest absolute Gasteiger partial charge is 0.310 e. The zero-order chi connectivity index (χ0) is 87.4. The van der Waals surface area contributed by atoms with E-state index in [-0.39, 0.29) is 0 Å². The zero-order valence-corrected chi connectivity index (χ0v) is 72.2. The molecule has 25 rings (SSSR count). The van der Waals surface area contributed by atoms with Crippen LogP contribution in [0.15, 0.2) is 504 Å². The maximum Gasteiger partial charge on any atom is 0.0991 e. The number of nitriles is 1. The van der Waals surface area contributed by atoms with Gasteiger partial charge in [0.05, 0.1) is 44.5 Å². The predicted molar refractivity (Wildman–Crippen MR) is 548 cm³/mol. The Morgan fingerprint density at radius 1 is 0.189 bits per heavy atom. The quantitative estimate of drug-likeness (QED) is 0.0912. The fraction of sp³-hybridized carbons (Fsp3) is 0.0157. The van der Waals surface area contributed by atoms with E-state index in [1.54, 1.807) is 0 Å². The van der Waals surface area contributed by atoms with Crippen molar-refractivity contribution in [3.8, 4) is 95.3 Å². The number of rotatable bonds is 17. The van der Waals surface area contributed by atoms with Gasteiger partial charge in [0.25, 0.3) is 0 Å². The number of benzene rings is 21. The van der Waals surface area contributed by atoms with Gasteiger partial charge in [-0.1, -0.05) is 346 Å². The average molecular weight is 1680 g/mol. The van der Waals surface area contributed by atoms with Gasteiger partial charge in [0.2, 0.25) is 0 Å². The smallest absolute Gasteiger partial charge is 0.0991 e. The predicted octanol–water partition coefficient (Wildman–Crippen LogP) is 32.9. The molecule has 616 valence electrons. The second-order valence-corrected chi connectivity index (χ2v) is 34.9. The first-order valence-corrected chi connectivity index (χ1v) is 45.4. The maximum atomic E-state index is 10.2. The van der Waals surface area contributed by atoms with Crippen LogP contribution in [0.1, 0.15) is 50.1 Å². The number of aromatic nitrogens is 2. The number of anilines is 6. The lowest BCUT2D eigenvalue weighted by Crippen LogP contribution is -2.29. The maximum absolute atomic E-state index is 10.2. The third-order valence-electron chi connectivity index (χ3n) is 27.9. The minimum atomic E-state index is -0.763. The molecule has 0 aliphatic heterocycles. The molecule has 0 radical (unpaired) electrons. The van der Waals surface area contributed by atoms with Crippen molar-refractivity contribution in [3.05, 3.63) is 554 Å². The molecule has 132 heavy (non-hydrogen) atoms. The van der Waals surface area contributed by atoms with Gasteiger partial charge in [-0.15, -0.1) is 0 Å². The summed E-state index contributed by atoms with van der Waals surface area (Å²) in [5.74, 6) is 0. The van der Waals surface area contributed by atoms with Gasteiger partial charge in [-0.05, 0) is 291 Å². The molecular weight excluding hydrogens is 1600 g/mol. The SMILES string of the molecule is N#Cc1ccc(N(c2ccc(-c3ccc(-c4ccc5c(c4)c4ccccc4n5-c4ccccc4)cc3)cc2)c2ccc3c(c2)C(c2ccccc2)(c2cccc(-c4ccc5ccc(N(c6ccc(-c7ccc(-c8ccc9c(c8)c8ccccc8n9-c8ccccc8)cc7)cc6)c6ccc7c(c6)C(c6ccccc6)(c6ccccc6)c6ccccc6-7)cc5c4)c2)c2ccccc2-3)cc1. The lowest BCUT2D eigenvalue weighted by Gasteiger charge is -2.35. The van der Waals surface area contributed by atoms with Gasteiger partial charge in [0, 0.05) is 67.0 Å². The minimum absolute atomic E-state index is 0.602. The molecule has 1 unspecified atom stereocenters. The molecule has 2 aromatic heterocycles. The molecule has 0 spiro atoms. The Bertz CT molecular complexity index is 8430. The fourth-order valence-corrected chi connectivity index (χ4v) is 21.9. The summed E-state index contributed by atoms with van der Waals surface area (Å²) in [5.41, 5.74) is 38.3. The molecule has 5 nitrogen and oxygen atoms in total. The van der Waals surface area contributed by atoms with E-state index in [4.69, 9.17) is 0 Å². The van der Waals surface area contributed by atoms with Gasteiger partial charge >= 0.3 is 0 Å². The lowest BCUT2D eigenvalue weighted by atomic mass is 9.67. The van der Waals surface area contributed by atoms with E-state index in [2.05, 4.69) is 516 Å². The topological polar surface area (TPSA) is 40.1 Å². The number of fused-ring (bicyclic) bond motifs is 13. The van der Waals surface area contributed by atoms with E-state index in [9.17, 15) is 5.26 Å². The Labute approximate surface area is 767 Å². The van der Waals surface area contributed by atoms with Crippen molar-refractivity contribution in [2.45, 2.75) is 10.8 Å². The second kappa shape index (κ2) is 31.6. The molecule has 0 saturated carbocycles. The Balaban J connectivity index is 0.580. The third kappa shape index (κ3) is 12.5. The van der Waals surface area contributed by atoms with Crippen molar-refractivity contribution in [2.75, 3.05) is 9.80 Å². The standard InChI is InChI=1S/C127H83N5/c128-84-85-45-64-104(65-46-85)129(105-66-57-88(58-67-105)86-47-51-90(52-48-86)95-62-75-124-116(80-95)114-39-18-22-43-122(114)131(124)102-33-12-4-13-34-102)108-71-73-113-111-38-17-21-42-119(111)127(121(113)82-108,100-30-10-3-11-31-100)101-32-24-25-93(78-101)94-56-55-92-61-70-107(79-97(92)77-94)130(109-72-74-112-110-37-16-20-41-118(110)126(120(112)83-109,98-26-6-1-7-27-98)99-28-8-2-9-29-99)106-68-59-89(60-69-106)87-49-53-91(54-50-87)96-63-76-125-117(81-96)115-40-19-23-44-123(115)132(125)103-35-14-5-15-36-103/h1-83H. The fourth-order valence-electron chi connectivity index (χ4n) is 21.9. The van der Waals surface area contributed by atoms with Gasteiger partial charge in [-0.2, -0.15) is 5.26 Å². The normalized spacial score (nSPS) is 13.4. The van der Waals surface area contributed by atoms with Gasteiger partial charge in [0.15, 0.2) is 0 Å². The summed E-state index contributed by atoms with van der Waals surface area (Å²) in [4.78, 5) is 4.81. The molecule has 0 fully saturated rings. The van der Waals surface area contributed by atoms with Crippen molar-refractivity contribution in [1.29, 1.82) is 5.26 Å². The molecular formula is C127H83N5. The first-order valence-electron chi connectivity index (χ1n) is 45.4. The van der Waals surface area contributed by atoms with Crippen LogP contribution < -0.4 is 9.80 Å². The number of para-hydroxylation sites is 4. The highest BCUT2D eigenvalue weighted by molar-refractivity contribution is 6.12. The van der Waals surface area contributed by atoms with Crippen LogP contribution in [0.25, 0.3) is 144 Å². The number of nitrogens with zero attached hydrogens (tertiary/aromatic N) is 5. The van der Waals surface area contributed by atoms with Crippen LogP contribution in [0.3, 0.4) is 0 Å². The van der Waals surface area contributed by atoms with Crippen molar-refractivity contribution in [2.24, 2.45) is 0 Å². The molecule has 2 aliphatic rings. The molecule has 23 aromatic rings. The van der Waals surface area contributed by atoms with Crippen LogP contribution in [-0.2, 0) is 10.8 Å². The molecule has 0 saturated heterocycles. The van der Waals surface area contributed by atoms with Crippen molar-refractivity contribution in [3.63, 3.8) is 0 Å². The molecule has 21 aromatic carbocycles. The van der Waals surface area contributed by atoms with Gasteiger partial charge < -0.3 is 18.9 Å². The van der Waals surface area contributed by atoms with E-state index in [0.29, 0.717) is 5.56 Å². The van der Waals surface area contributed by atoms with Crippen LogP contribution in [0, 0.1) is 11.3 Å². The Kier molecular flexibility index (Phi) is 18.4. The first-order chi connectivity index (χ1) is 65.4. The second-order valence-electron chi connectivity index (χ2n) is 34.9. The molecule has 1 atom stereocenters. The van der Waals surface area contributed by atoms with E-state index in [1.165, 1.54) is 122 Å². The van der Waals surface area contributed by atoms with Crippen molar-refractivity contribution in [1.82, 2.24) is 9.13 Å². The summed E-state index contributed by atoms with van der Waals surface area (Å²) >= 11 is 0. The average Bonchev–Trinajstić information content (AvgIpc) is 1.54. The highest BCUT2D eigenvalue weighted by Gasteiger charge is 2.48. The monoisotopic (exact) mass is 1680 g/mol. The van der Waals surface area contributed by atoms with E-state index in [1.807, 2.05) is 12.1 Å². The zero-order valence-electron chi connectivity index (χ0n) is 72.2. The molecule has 2 aliphatic carbocycles. The number of hydrogen-bond acceptors (Lipinski definition) is 3. The highest BCUT2D eigenvalue weighted by atomic mass is 15.1. The Hall–Kier alpha value is -17.4. The van der Waals surface area contributed by atoms with Crippen molar-refractivity contribution >= 4 is 88.5 Å². The summed E-state index contributed by atoms with van der Waals surface area (Å²) in [5, 5.41) is 17.4. The van der Waals surface area contributed by atoms with Crippen LogP contribution in [0.4, 0.5) is 34.1 Å². The summed E-state index contributed by atoms with van der Waals surface area (Å²) in [6.07, 6.45) is 0. The molecule has 0 N–H and O–H groups in total. The summed E-state index contributed by atoms with van der Waals surface area (Å²) in [6.45, 7) is 0. The summed E-state index contributed by atoms with van der Waals surface area (Å²) in [7, 11) is 0. The van der Waals surface area contributed by atoms with Crippen LogP contribution >= 0.6 is 0 Å². The minimum Gasteiger partial charge on any atom is -0.310 e. The van der Waals surface area contributed by atoms with Crippen LogP contribution in [0.2, 0.25) is 0 Å². The Morgan fingerprint density at radius 2 is 0.500 bits per heavy atom. The Morgan fingerprint density at radius 3 is 0.962 bits per heavy atom. The van der Waals surface area contributed by atoms with E-state index < -0.39 is 10.8 Å². The van der Waals surface area contributed by atoms with E-state index >= 15 is 0 Å². The molecule has 2 heterocycles. The van der Waals surface area contributed by atoms with Crippen molar-refractivity contribution < 1.29 is 0 Å². The first kappa shape index (κ1) is 77.0. The summed E-state index contributed by atoms with van der Waals surface area (Å²) < 4.78 is 4.74. The molecule has 0 amide bonds. The van der Waals surface area contributed by atoms with Crippen LogP contribution in [0.5, 0.6) is 0 Å². The summed E-state index contributed by atoms with van der Waals surface area (Å²) in [6, 6.07) is 188. The third-order valence-corrected chi connectivity index (χ3v) is 27.9.